The van der Waals surface area contributed by atoms with Crippen molar-refractivity contribution in [3.63, 3.8) is 0 Å². The molecule has 0 spiro atoms. The number of rotatable bonds is 2. The average Bonchev–Trinajstić information content (AvgIpc) is 2.06. The van der Waals surface area contributed by atoms with E-state index in [4.69, 9.17) is 0 Å². The smallest absolute Gasteiger partial charge is 0.404 e. The number of halogens is 4. The summed E-state index contributed by atoms with van der Waals surface area (Å²) in [4.78, 5) is 13.0. The summed E-state index contributed by atoms with van der Waals surface area (Å²) in [6, 6.07) is 0.614. The fraction of sp³-hybridized carbons (Fsp3) is 0.143. The Hall–Kier alpha value is -1.66. The molecule has 1 heterocycles. The molecule has 3 nitrogen and oxygen atoms in total. The van der Waals surface area contributed by atoms with Crippen molar-refractivity contribution in [3.05, 3.63) is 23.8 Å². The lowest BCUT2D eigenvalue weighted by Gasteiger charge is -2.08. The number of nitrogens with zero attached hydrogens (tertiary/aromatic N) is 1. The van der Waals surface area contributed by atoms with E-state index in [9.17, 15) is 22.4 Å². The van der Waals surface area contributed by atoms with Crippen LogP contribution in [0.1, 0.15) is 10.4 Å². The van der Waals surface area contributed by atoms with E-state index in [0.29, 0.717) is 12.3 Å². The normalized spacial score (nSPS) is 11.1. The topological polar surface area (TPSA) is 39.2 Å². The summed E-state index contributed by atoms with van der Waals surface area (Å²) < 4.78 is 50.9. The molecule has 1 aromatic heterocycles. The van der Waals surface area contributed by atoms with Crippen LogP contribution in [0, 0.1) is 5.95 Å². The van der Waals surface area contributed by atoms with Crippen molar-refractivity contribution >= 4 is 6.29 Å². The van der Waals surface area contributed by atoms with E-state index in [1.54, 1.807) is 0 Å². The lowest BCUT2D eigenvalue weighted by Crippen LogP contribution is -2.17. The predicted octanol–water partition coefficient (Wildman–Crippen LogP) is 1.93. The zero-order valence-electron chi connectivity index (χ0n) is 6.51. The number of alkyl halides is 3. The molecule has 0 N–H and O–H groups in total. The van der Waals surface area contributed by atoms with Gasteiger partial charge in [-0.05, 0) is 6.07 Å². The number of carbonyl (C=O) groups excluding carboxylic acids is 1. The van der Waals surface area contributed by atoms with Gasteiger partial charge in [-0.2, -0.15) is 4.39 Å². The highest BCUT2D eigenvalue weighted by Gasteiger charge is 2.31. The third-order valence-electron chi connectivity index (χ3n) is 1.20. The first-order chi connectivity index (χ1) is 6.42. The molecule has 0 aliphatic rings. The molecule has 1 aromatic rings. The fourth-order valence-electron chi connectivity index (χ4n) is 0.717. The molecule has 1 rings (SSSR count). The summed E-state index contributed by atoms with van der Waals surface area (Å²) in [6.07, 6.45) is -4.30. The Kier molecular flexibility index (Phi) is 2.68. The minimum absolute atomic E-state index is 0.0472. The van der Waals surface area contributed by atoms with Gasteiger partial charge in [0.25, 0.3) is 0 Å². The minimum Gasteiger partial charge on any atom is -0.404 e. The van der Waals surface area contributed by atoms with Gasteiger partial charge in [0.1, 0.15) is 5.75 Å². The Labute approximate surface area is 75.3 Å². The molecule has 0 radical (unpaired) electrons. The van der Waals surface area contributed by atoms with Crippen LogP contribution in [0.5, 0.6) is 5.75 Å². The molecule has 0 fully saturated rings. The summed E-state index contributed by atoms with van der Waals surface area (Å²) in [5.41, 5.74) is -0.591. The summed E-state index contributed by atoms with van der Waals surface area (Å²) in [7, 11) is 0. The van der Waals surface area contributed by atoms with Crippen LogP contribution in [0.4, 0.5) is 17.6 Å². The molecule has 0 aliphatic carbocycles. The van der Waals surface area contributed by atoms with Gasteiger partial charge in [-0.3, -0.25) is 4.79 Å². The number of aldehydes is 1. The molecular formula is C7H3F4NO2. The van der Waals surface area contributed by atoms with Gasteiger partial charge in [0.15, 0.2) is 6.29 Å². The molecule has 0 unspecified atom stereocenters. The van der Waals surface area contributed by atoms with Gasteiger partial charge in [-0.15, -0.1) is 13.2 Å². The largest absolute Gasteiger partial charge is 0.573 e. The number of hydrogen-bond acceptors (Lipinski definition) is 3. The van der Waals surface area contributed by atoms with Gasteiger partial charge < -0.3 is 4.74 Å². The lowest BCUT2D eigenvalue weighted by molar-refractivity contribution is -0.274. The first-order valence-electron chi connectivity index (χ1n) is 3.29. The van der Waals surface area contributed by atoms with Gasteiger partial charge in [-0.25, -0.2) is 4.98 Å². The molecule has 0 aliphatic heterocycles. The van der Waals surface area contributed by atoms with Crippen molar-refractivity contribution in [1.29, 1.82) is 0 Å². The van der Waals surface area contributed by atoms with E-state index in [0.717, 1.165) is 0 Å². The monoisotopic (exact) mass is 209 g/mol. The van der Waals surface area contributed by atoms with Crippen molar-refractivity contribution in [2.24, 2.45) is 0 Å². The molecule has 0 aromatic carbocycles. The van der Waals surface area contributed by atoms with Crippen molar-refractivity contribution < 1.29 is 27.1 Å². The summed E-state index contributed by atoms with van der Waals surface area (Å²) in [6.45, 7) is 0. The standard InChI is InChI=1S/C7H3F4NO2/c8-6-4(3-13)1-5(2-12-6)14-7(9,10)11/h1-3H. The highest BCUT2D eigenvalue weighted by molar-refractivity contribution is 5.75. The van der Waals surface area contributed by atoms with Gasteiger partial charge in [0.2, 0.25) is 5.95 Å². The highest BCUT2D eigenvalue weighted by atomic mass is 19.4. The van der Waals surface area contributed by atoms with Gasteiger partial charge in [-0.1, -0.05) is 0 Å². The molecule has 0 atom stereocenters. The second kappa shape index (κ2) is 3.60. The molecular weight excluding hydrogens is 206 g/mol. The second-order valence-corrected chi connectivity index (χ2v) is 2.22. The Morgan fingerprint density at radius 3 is 2.57 bits per heavy atom. The molecule has 0 amide bonds. The Morgan fingerprint density at radius 1 is 1.43 bits per heavy atom. The molecule has 0 saturated heterocycles. The molecule has 7 heteroatoms. The maximum absolute atomic E-state index is 12.5. The van der Waals surface area contributed by atoms with Crippen molar-refractivity contribution in [2.45, 2.75) is 6.36 Å². The van der Waals surface area contributed by atoms with Crippen LogP contribution in [-0.4, -0.2) is 17.6 Å². The van der Waals surface area contributed by atoms with Crippen LogP contribution in [0.25, 0.3) is 0 Å². The predicted molar refractivity (Wildman–Crippen MR) is 36.3 cm³/mol. The van der Waals surface area contributed by atoms with E-state index >= 15 is 0 Å². The van der Waals surface area contributed by atoms with E-state index < -0.39 is 23.6 Å². The summed E-state index contributed by atoms with van der Waals surface area (Å²) in [5, 5.41) is 0. The molecule has 0 bridgehead atoms. The third-order valence-corrected chi connectivity index (χ3v) is 1.20. The van der Waals surface area contributed by atoms with Crippen molar-refractivity contribution in [1.82, 2.24) is 4.98 Å². The Bertz CT molecular complexity index is 350. The maximum Gasteiger partial charge on any atom is 0.573 e. The Morgan fingerprint density at radius 2 is 2.07 bits per heavy atom. The third kappa shape index (κ3) is 2.68. The van der Waals surface area contributed by atoms with Gasteiger partial charge in [0.05, 0.1) is 11.8 Å². The lowest BCUT2D eigenvalue weighted by atomic mass is 10.3. The van der Waals surface area contributed by atoms with Crippen molar-refractivity contribution in [3.8, 4) is 5.75 Å². The quantitative estimate of drug-likeness (QED) is 0.424. The number of pyridine rings is 1. The van der Waals surface area contributed by atoms with E-state index in [2.05, 4.69) is 9.72 Å². The fourth-order valence-corrected chi connectivity index (χ4v) is 0.717. The maximum atomic E-state index is 12.5. The highest BCUT2D eigenvalue weighted by Crippen LogP contribution is 2.22. The summed E-state index contributed by atoms with van der Waals surface area (Å²) in [5.74, 6) is -1.88. The van der Waals surface area contributed by atoms with E-state index in [1.807, 2.05) is 0 Å². The number of ether oxygens (including phenoxy) is 1. The molecule has 76 valence electrons. The SMILES string of the molecule is O=Cc1cc(OC(F)(F)F)cnc1F. The van der Waals surface area contributed by atoms with E-state index in [-0.39, 0.29) is 6.29 Å². The van der Waals surface area contributed by atoms with Crippen LogP contribution in [0.15, 0.2) is 12.3 Å². The first kappa shape index (κ1) is 10.4. The summed E-state index contributed by atoms with van der Waals surface area (Å²) >= 11 is 0. The molecule has 0 saturated carbocycles. The van der Waals surface area contributed by atoms with Crippen LogP contribution < -0.4 is 4.74 Å². The Balaban J connectivity index is 2.95. The number of hydrogen-bond donors (Lipinski definition) is 0. The average molecular weight is 209 g/mol. The zero-order chi connectivity index (χ0) is 10.8. The van der Waals surface area contributed by atoms with Crippen LogP contribution in [0.2, 0.25) is 0 Å². The van der Waals surface area contributed by atoms with Crippen molar-refractivity contribution in [2.75, 3.05) is 0 Å². The second-order valence-electron chi connectivity index (χ2n) is 2.22. The number of aromatic nitrogens is 1. The van der Waals surface area contributed by atoms with Crippen LogP contribution >= 0.6 is 0 Å². The number of carbonyl (C=O) groups is 1. The zero-order valence-corrected chi connectivity index (χ0v) is 6.51. The van der Waals surface area contributed by atoms with Crippen LogP contribution in [0.3, 0.4) is 0 Å². The first-order valence-corrected chi connectivity index (χ1v) is 3.29. The minimum atomic E-state index is -4.89. The van der Waals surface area contributed by atoms with Gasteiger partial charge >= 0.3 is 6.36 Å². The van der Waals surface area contributed by atoms with Gasteiger partial charge in [0, 0.05) is 0 Å². The van der Waals surface area contributed by atoms with E-state index in [1.165, 1.54) is 0 Å². The molecule has 14 heavy (non-hydrogen) atoms. The van der Waals surface area contributed by atoms with Crippen LogP contribution in [-0.2, 0) is 0 Å².